The lowest BCUT2D eigenvalue weighted by molar-refractivity contribution is -0.122. The number of primary amides is 1. The van der Waals surface area contributed by atoms with Gasteiger partial charge in [0.25, 0.3) is 5.91 Å². The third kappa shape index (κ3) is 9.77. The number of fused-ring (bicyclic) bond motifs is 1. The van der Waals surface area contributed by atoms with Gasteiger partial charge in [0.2, 0.25) is 20.7 Å². The lowest BCUT2D eigenvalue weighted by Crippen LogP contribution is -2.43. The van der Waals surface area contributed by atoms with E-state index in [1.165, 1.54) is 55.7 Å². The summed E-state index contributed by atoms with van der Waals surface area (Å²) in [6, 6.07) is 6.96. The average molecular weight is 638 g/mol. The van der Waals surface area contributed by atoms with E-state index in [4.69, 9.17) is 20.3 Å². The Labute approximate surface area is 256 Å². The van der Waals surface area contributed by atoms with Crippen molar-refractivity contribution >= 4 is 48.4 Å². The smallest absolute Gasteiger partial charge is 0.258 e. The second kappa shape index (κ2) is 16.8. The Morgan fingerprint density at radius 2 is 2.00 bits per heavy atom. The predicted molar refractivity (Wildman–Crippen MR) is 166 cm³/mol. The predicted octanol–water partition coefficient (Wildman–Crippen LogP) is 4.09. The normalized spacial score (nSPS) is 17.5. The van der Waals surface area contributed by atoms with Gasteiger partial charge in [0.1, 0.15) is 6.29 Å². The number of thiophene rings is 1. The third-order valence-corrected chi connectivity index (χ3v) is 9.39. The van der Waals surface area contributed by atoms with E-state index in [9.17, 15) is 18.8 Å². The molecule has 3 aromatic rings. The first-order valence-corrected chi connectivity index (χ1v) is 16.3. The van der Waals surface area contributed by atoms with E-state index in [0.29, 0.717) is 22.1 Å². The zero-order valence-corrected chi connectivity index (χ0v) is 26.5. The van der Waals surface area contributed by atoms with Crippen molar-refractivity contribution in [2.75, 3.05) is 33.8 Å². The van der Waals surface area contributed by atoms with Crippen molar-refractivity contribution in [2.45, 2.75) is 56.4 Å². The fraction of sp³-hybridized carbons (Fsp3) is 0.517. The molecule has 2 saturated heterocycles. The molecule has 14 heteroatoms. The van der Waals surface area contributed by atoms with E-state index in [1.807, 2.05) is 13.2 Å². The minimum Gasteiger partial charge on any atom is -0.480 e. The molecule has 0 aliphatic carbocycles. The zero-order valence-electron chi connectivity index (χ0n) is 24.8. The summed E-state index contributed by atoms with van der Waals surface area (Å²) >= 11 is 1.22. The molecule has 0 bridgehead atoms. The number of aldehydes is 1. The van der Waals surface area contributed by atoms with Crippen molar-refractivity contribution in [3.63, 3.8) is 0 Å². The second-order valence-corrected chi connectivity index (χ2v) is 12.9. The number of unbranched alkanes of at least 4 members (excludes halogenated alkanes) is 2. The van der Waals surface area contributed by atoms with Crippen LogP contribution in [0.5, 0.6) is 5.88 Å². The minimum atomic E-state index is -2.65. The van der Waals surface area contributed by atoms with Crippen LogP contribution in [0.1, 0.15) is 71.2 Å². The van der Waals surface area contributed by atoms with Crippen LogP contribution < -0.4 is 10.5 Å². The summed E-state index contributed by atoms with van der Waals surface area (Å²) in [5, 5.41) is 4.84. The Bertz CT molecular complexity index is 1350. The van der Waals surface area contributed by atoms with Gasteiger partial charge < -0.3 is 34.9 Å². The van der Waals surface area contributed by atoms with Crippen LogP contribution in [0.25, 0.3) is 10.1 Å². The molecular weight excluding hydrogens is 596 g/mol. The number of nitrogens with two attached hydrogens (primary N) is 1. The zero-order chi connectivity index (χ0) is 31.5. The Morgan fingerprint density at radius 1 is 1.26 bits per heavy atom. The number of hydrogen-bond acceptors (Lipinski definition) is 9. The quantitative estimate of drug-likeness (QED) is 0.162. The van der Waals surface area contributed by atoms with Crippen molar-refractivity contribution in [2.24, 2.45) is 12.8 Å². The number of rotatable bonds is 11. The Balaban J connectivity index is 0.000000180. The summed E-state index contributed by atoms with van der Waals surface area (Å²) in [4.78, 5) is 53.6. The van der Waals surface area contributed by atoms with Crippen molar-refractivity contribution in [1.29, 1.82) is 0 Å². The van der Waals surface area contributed by atoms with Gasteiger partial charge >= 0.3 is 0 Å². The van der Waals surface area contributed by atoms with E-state index in [0.717, 1.165) is 54.9 Å². The molecule has 11 nitrogen and oxygen atoms in total. The number of amides is 2. The summed E-state index contributed by atoms with van der Waals surface area (Å²) in [6.07, 6.45) is 10.9. The molecule has 1 aromatic carbocycles. The van der Waals surface area contributed by atoms with Gasteiger partial charge in [0, 0.05) is 55.0 Å². The van der Waals surface area contributed by atoms with Crippen molar-refractivity contribution in [1.82, 2.24) is 19.6 Å². The molecule has 4 N–H and O–H groups in total. The third-order valence-electron chi connectivity index (χ3n) is 7.56. The van der Waals surface area contributed by atoms with Crippen LogP contribution in [-0.4, -0.2) is 87.8 Å². The van der Waals surface area contributed by atoms with E-state index < -0.39 is 20.2 Å². The monoisotopic (exact) mass is 637 g/mol. The van der Waals surface area contributed by atoms with Crippen molar-refractivity contribution in [3.05, 3.63) is 46.5 Å². The van der Waals surface area contributed by atoms with Gasteiger partial charge in [-0.2, -0.15) is 0 Å². The summed E-state index contributed by atoms with van der Waals surface area (Å²) < 4.78 is 21.1. The highest BCUT2D eigenvalue weighted by atomic mass is 32.1. The number of halogens is 1. The fourth-order valence-electron chi connectivity index (χ4n) is 5.14. The molecular formula is C29H41FN5O6PS. The molecule has 0 saturated carbocycles. The maximum Gasteiger partial charge on any atom is 0.258 e. The molecule has 0 radical (unpaired) electrons. The van der Waals surface area contributed by atoms with Gasteiger partial charge in [0.05, 0.1) is 12.0 Å². The number of alkyl halides is 1. The SMILES string of the molecule is CN1CCCC1CCCCC=O.COc1nn(C)cc1C1CN(C=O)C1.NC(=O)c1cc2cc(C(F)P(O)O)ccc2s1. The topological polar surface area (TPSA) is 151 Å². The molecule has 2 unspecified atom stereocenters. The Morgan fingerprint density at radius 3 is 2.58 bits per heavy atom. The molecule has 2 aliphatic rings. The van der Waals surface area contributed by atoms with Crippen LogP contribution >= 0.6 is 19.7 Å². The first-order valence-electron chi connectivity index (χ1n) is 14.1. The maximum absolute atomic E-state index is 13.4. The van der Waals surface area contributed by atoms with Crippen LogP contribution in [-0.2, 0) is 16.6 Å². The lowest BCUT2D eigenvalue weighted by atomic mass is 9.94. The van der Waals surface area contributed by atoms with Gasteiger partial charge in [-0.15, -0.1) is 16.4 Å². The van der Waals surface area contributed by atoms with Crippen LogP contribution in [0, 0.1) is 0 Å². The molecule has 43 heavy (non-hydrogen) atoms. The molecule has 2 fully saturated rings. The Hall–Kier alpha value is -2.96. The molecule has 0 spiro atoms. The minimum absolute atomic E-state index is 0.183. The summed E-state index contributed by atoms with van der Waals surface area (Å²) in [5.74, 6) is -1.28. The van der Waals surface area contributed by atoms with Crippen molar-refractivity contribution in [3.8, 4) is 5.88 Å². The lowest BCUT2D eigenvalue weighted by Gasteiger charge is -2.35. The largest absolute Gasteiger partial charge is 0.480 e. The highest BCUT2D eigenvalue weighted by Gasteiger charge is 2.30. The van der Waals surface area contributed by atoms with Gasteiger partial charge in [-0.3, -0.25) is 14.3 Å². The molecule has 2 aliphatic heterocycles. The van der Waals surface area contributed by atoms with E-state index in [1.54, 1.807) is 28.8 Å². The van der Waals surface area contributed by atoms with Gasteiger partial charge in [-0.25, -0.2) is 4.39 Å². The van der Waals surface area contributed by atoms with Gasteiger partial charge in [-0.1, -0.05) is 12.5 Å². The van der Waals surface area contributed by atoms with Gasteiger partial charge in [-0.05, 0) is 68.4 Å². The highest BCUT2D eigenvalue weighted by Crippen LogP contribution is 2.45. The molecule has 2 aromatic heterocycles. The molecule has 4 heterocycles. The van der Waals surface area contributed by atoms with Crippen LogP contribution in [0.2, 0.25) is 0 Å². The molecule has 2 atom stereocenters. The molecule has 5 rings (SSSR count). The number of aromatic nitrogens is 2. The molecule has 236 valence electrons. The van der Waals surface area contributed by atoms with Crippen LogP contribution in [0.3, 0.4) is 0 Å². The Kier molecular flexibility index (Phi) is 13.5. The number of carbonyl (C=O) groups excluding carboxylic acids is 3. The van der Waals surface area contributed by atoms with Crippen LogP contribution in [0.4, 0.5) is 4.39 Å². The number of ether oxygens (including phenoxy) is 1. The van der Waals surface area contributed by atoms with E-state index >= 15 is 0 Å². The number of likely N-dealkylation sites (tertiary alicyclic amines) is 2. The standard InChI is InChI=1S/C10H9FNO3PS.C10H19NO.C9H13N3O2/c11-9(16(14)15)5-1-2-7-6(3-5)4-8(17-7)10(12)13;1-11-8-5-7-10(11)6-3-2-4-9-12;1-11-5-8(9(10-11)14-2)7-3-12(4-7)6-13/h1-4,9,14-15H,(H2,12,13);9-10H,2-8H2,1H3;5-7H,3-4H2,1-2H3. The maximum atomic E-state index is 13.4. The number of aryl methyl sites for hydroxylation is 1. The summed E-state index contributed by atoms with van der Waals surface area (Å²) in [6.45, 7) is 2.80. The van der Waals surface area contributed by atoms with Crippen LogP contribution in [0.15, 0.2) is 30.5 Å². The van der Waals surface area contributed by atoms with E-state index in [2.05, 4.69) is 17.0 Å². The molecule has 2 amide bonds. The highest BCUT2D eigenvalue weighted by molar-refractivity contribution is 7.45. The number of methoxy groups -OCH3 is 1. The number of hydrogen-bond donors (Lipinski definition) is 3. The number of benzene rings is 1. The summed E-state index contributed by atoms with van der Waals surface area (Å²) in [7, 11) is 3.03. The first-order chi connectivity index (χ1) is 20.6. The first kappa shape index (κ1) is 34.5. The second-order valence-electron chi connectivity index (χ2n) is 10.7. The van der Waals surface area contributed by atoms with Gasteiger partial charge in [0.15, 0.2) is 5.91 Å². The number of carbonyl (C=O) groups is 3. The fourth-order valence-corrected chi connectivity index (χ4v) is 6.46. The van der Waals surface area contributed by atoms with E-state index in [-0.39, 0.29) is 5.56 Å². The number of nitrogens with zero attached hydrogens (tertiary/aromatic N) is 4. The average Bonchev–Trinajstić information content (AvgIpc) is 3.68. The summed E-state index contributed by atoms with van der Waals surface area (Å²) in [5.41, 5.74) is 6.42. The van der Waals surface area contributed by atoms with Crippen molar-refractivity contribution < 1.29 is 33.3 Å².